The molecule has 3 rings (SSSR count). The Morgan fingerprint density at radius 2 is 1.96 bits per heavy atom. The first-order valence-corrected chi connectivity index (χ1v) is 7.90. The van der Waals surface area contributed by atoms with Gasteiger partial charge < -0.3 is 10.0 Å². The first kappa shape index (κ1) is 19.2. The molecule has 2 atom stereocenters. The lowest BCUT2D eigenvalue weighted by atomic mass is 9.95. The number of carbonyl (C=O) groups is 1. The normalized spacial score (nSPS) is 19.6. The summed E-state index contributed by atoms with van der Waals surface area (Å²) in [5.41, 5.74) is -2.69. The van der Waals surface area contributed by atoms with Crippen LogP contribution in [0.4, 0.5) is 22.0 Å². The van der Waals surface area contributed by atoms with Crippen molar-refractivity contribution in [2.24, 2.45) is 0 Å². The Morgan fingerprint density at radius 1 is 1.30 bits per heavy atom. The van der Waals surface area contributed by atoms with Crippen molar-refractivity contribution in [2.45, 2.75) is 38.1 Å². The van der Waals surface area contributed by atoms with Gasteiger partial charge in [-0.2, -0.15) is 18.3 Å². The maximum absolute atomic E-state index is 14.0. The number of nitrogens with zero attached hydrogens (tertiary/aromatic N) is 4. The highest BCUT2D eigenvalue weighted by Gasteiger charge is 2.57. The molecule has 1 aliphatic heterocycles. The minimum atomic E-state index is -5.13. The van der Waals surface area contributed by atoms with Gasteiger partial charge >= 0.3 is 6.18 Å². The van der Waals surface area contributed by atoms with Crippen molar-refractivity contribution in [1.29, 1.82) is 0 Å². The summed E-state index contributed by atoms with van der Waals surface area (Å²) in [5, 5.41) is 13.6. The Morgan fingerprint density at radius 3 is 2.56 bits per heavy atom. The van der Waals surface area contributed by atoms with Crippen molar-refractivity contribution in [3.8, 4) is 5.82 Å². The van der Waals surface area contributed by atoms with Gasteiger partial charge in [-0.25, -0.2) is 18.4 Å². The lowest BCUT2D eigenvalue weighted by Crippen LogP contribution is -2.57. The largest absolute Gasteiger partial charge is 0.426 e. The lowest BCUT2D eigenvalue weighted by molar-refractivity contribution is -0.250. The highest BCUT2D eigenvalue weighted by molar-refractivity contribution is 5.85. The zero-order valence-electron chi connectivity index (χ0n) is 14.3. The quantitative estimate of drug-likeness (QED) is 0.799. The minimum Gasteiger partial charge on any atom is -0.373 e. The second-order valence-corrected chi connectivity index (χ2v) is 6.58. The Hall–Kier alpha value is -2.56. The number of rotatable bonds is 2. The van der Waals surface area contributed by atoms with Gasteiger partial charge in [0.15, 0.2) is 11.6 Å². The molecular formula is C16H15F5N4O2. The Kier molecular flexibility index (Phi) is 4.45. The summed E-state index contributed by atoms with van der Waals surface area (Å²) in [6.07, 6.45) is -3.03. The Labute approximate surface area is 150 Å². The fourth-order valence-electron chi connectivity index (χ4n) is 3.04. The molecule has 0 aliphatic carbocycles. The highest BCUT2D eigenvalue weighted by atomic mass is 19.4. The van der Waals surface area contributed by atoms with Crippen LogP contribution in [-0.4, -0.2) is 49.0 Å². The molecule has 0 saturated carbocycles. The molecule has 146 valence electrons. The van der Waals surface area contributed by atoms with Crippen LogP contribution in [0.25, 0.3) is 5.82 Å². The number of hydrogen-bond donors (Lipinski definition) is 1. The van der Waals surface area contributed by atoms with E-state index in [9.17, 15) is 31.9 Å². The van der Waals surface area contributed by atoms with E-state index in [0.29, 0.717) is 24.2 Å². The Balaban J connectivity index is 1.95. The van der Waals surface area contributed by atoms with Crippen LogP contribution in [0, 0.1) is 11.6 Å². The van der Waals surface area contributed by atoms with Crippen LogP contribution in [0.5, 0.6) is 0 Å². The van der Waals surface area contributed by atoms with E-state index in [1.165, 1.54) is 6.20 Å². The smallest absolute Gasteiger partial charge is 0.373 e. The van der Waals surface area contributed by atoms with Gasteiger partial charge in [0.2, 0.25) is 5.60 Å². The molecule has 1 unspecified atom stereocenters. The summed E-state index contributed by atoms with van der Waals surface area (Å²) in [6, 6.07) is 0.639. The monoisotopic (exact) mass is 390 g/mol. The minimum absolute atomic E-state index is 0.146. The van der Waals surface area contributed by atoms with E-state index in [2.05, 4.69) is 10.1 Å². The number of pyridine rings is 1. The van der Waals surface area contributed by atoms with E-state index in [-0.39, 0.29) is 18.9 Å². The first-order chi connectivity index (χ1) is 12.4. The molecule has 1 aliphatic rings. The highest BCUT2D eigenvalue weighted by Crippen LogP contribution is 2.35. The van der Waals surface area contributed by atoms with Crippen molar-refractivity contribution in [2.75, 3.05) is 6.54 Å². The van der Waals surface area contributed by atoms with E-state index in [1.807, 2.05) is 0 Å². The number of hydrogen-bond acceptors (Lipinski definition) is 4. The summed E-state index contributed by atoms with van der Waals surface area (Å²) in [4.78, 5) is 16.8. The van der Waals surface area contributed by atoms with Gasteiger partial charge in [-0.05, 0) is 6.92 Å². The maximum Gasteiger partial charge on any atom is 0.426 e. The molecule has 1 amide bonds. The zero-order valence-corrected chi connectivity index (χ0v) is 14.3. The van der Waals surface area contributed by atoms with Crippen molar-refractivity contribution in [3.05, 3.63) is 41.4 Å². The molecule has 0 spiro atoms. The van der Waals surface area contributed by atoms with Crippen molar-refractivity contribution >= 4 is 5.91 Å². The third-order valence-electron chi connectivity index (χ3n) is 4.45. The average molecular weight is 390 g/mol. The average Bonchev–Trinajstić information content (AvgIpc) is 2.97. The Bertz CT molecular complexity index is 893. The summed E-state index contributed by atoms with van der Waals surface area (Å²) < 4.78 is 67.0. The second kappa shape index (κ2) is 6.25. The molecule has 27 heavy (non-hydrogen) atoms. The number of carbonyl (C=O) groups excluding carboxylic acids is 1. The van der Waals surface area contributed by atoms with Gasteiger partial charge in [-0.1, -0.05) is 6.92 Å². The predicted molar refractivity (Wildman–Crippen MR) is 81.8 cm³/mol. The molecule has 0 fully saturated rings. The SMILES string of the molecule is C[C@@H]1CN(C(=O)C(C)(O)C(F)(F)F)Cc2cnn(-c3ncc(F)cc3F)c21. The molecule has 0 aromatic carbocycles. The third-order valence-corrected chi connectivity index (χ3v) is 4.45. The molecule has 0 radical (unpaired) electrons. The van der Waals surface area contributed by atoms with Crippen molar-refractivity contribution in [3.63, 3.8) is 0 Å². The molecule has 3 heterocycles. The molecule has 2 aromatic heterocycles. The van der Waals surface area contributed by atoms with Gasteiger partial charge in [-0.3, -0.25) is 4.79 Å². The second-order valence-electron chi connectivity index (χ2n) is 6.58. The molecule has 0 bridgehead atoms. The van der Waals surface area contributed by atoms with Crippen LogP contribution < -0.4 is 0 Å². The van der Waals surface area contributed by atoms with Crippen LogP contribution in [-0.2, 0) is 11.3 Å². The number of fused-ring (bicyclic) bond motifs is 1. The number of aromatic nitrogens is 3. The number of halogens is 5. The molecule has 6 nitrogen and oxygen atoms in total. The van der Waals surface area contributed by atoms with Gasteiger partial charge in [0, 0.05) is 30.6 Å². The van der Waals surface area contributed by atoms with Crippen LogP contribution in [0.2, 0.25) is 0 Å². The topological polar surface area (TPSA) is 71.2 Å². The number of amides is 1. The van der Waals surface area contributed by atoms with E-state index >= 15 is 0 Å². The summed E-state index contributed by atoms with van der Waals surface area (Å²) in [6.45, 7) is 1.62. The molecule has 0 saturated heterocycles. The van der Waals surface area contributed by atoms with Crippen LogP contribution in [0.1, 0.15) is 31.0 Å². The van der Waals surface area contributed by atoms with Gasteiger partial charge in [0.1, 0.15) is 5.82 Å². The summed E-state index contributed by atoms with van der Waals surface area (Å²) in [7, 11) is 0. The molecular weight excluding hydrogens is 375 g/mol. The van der Waals surface area contributed by atoms with Crippen molar-refractivity contribution in [1.82, 2.24) is 19.7 Å². The third kappa shape index (κ3) is 3.15. The fourth-order valence-corrected chi connectivity index (χ4v) is 3.04. The molecule has 2 aromatic rings. The molecule has 1 N–H and O–H groups in total. The van der Waals surface area contributed by atoms with E-state index in [1.54, 1.807) is 6.92 Å². The van der Waals surface area contributed by atoms with E-state index in [4.69, 9.17) is 0 Å². The standard InChI is InChI=1S/C16H15F5N4O2/c1-8-6-24(14(26)15(2,27)16(19,20)21)7-9-4-23-25(12(8)9)13-11(18)3-10(17)5-22-13/h3-5,8,27H,6-7H2,1-2H3/t8-,15?/m1/s1. The van der Waals surface area contributed by atoms with Gasteiger partial charge in [-0.15, -0.1) is 0 Å². The zero-order chi connectivity index (χ0) is 20.1. The summed E-state index contributed by atoms with van der Waals surface area (Å²) in [5.74, 6) is -4.09. The van der Waals surface area contributed by atoms with Crippen LogP contribution in [0.3, 0.4) is 0 Å². The maximum atomic E-state index is 14.0. The van der Waals surface area contributed by atoms with Crippen LogP contribution >= 0.6 is 0 Å². The van der Waals surface area contributed by atoms with Crippen molar-refractivity contribution < 1.29 is 31.9 Å². The first-order valence-electron chi connectivity index (χ1n) is 7.90. The van der Waals surface area contributed by atoms with Gasteiger partial charge in [0.25, 0.3) is 5.91 Å². The summed E-state index contributed by atoms with van der Waals surface area (Å²) >= 11 is 0. The molecule has 11 heteroatoms. The van der Waals surface area contributed by atoms with Gasteiger partial charge in [0.05, 0.1) is 18.1 Å². The van der Waals surface area contributed by atoms with E-state index in [0.717, 1.165) is 15.8 Å². The fraction of sp³-hybridized carbons (Fsp3) is 0.438. The number of alkyl halides is 3. The van der Waals surface area contributed by atoms with E-state index < -0.39 is 35.2 Å². The lowest BCUT2D eigenvalue weighted by Gasteiger charge is -2.36. The van der Waals surface area contributed by atoms with Crippen LogP contribution in [0.15, 0.2) is 18.5 Å². The number of aliphatic hydroxyl groups is 1. The predicted octanol–water partition coefficient (Wildman–Crippen LogP) is 2.30.